The van der Waals surface area contributed by atoms with Gasteiger partial charge in [0.05, 0.1) is 18.8 Å². The number of anilines is 2. The van der Waals surface area contributed by atoms with Crippen LogP contribution in [0.4, 0.5) is 25.1 Å². The third-order valence-electron chi connectivity index (χ3n) is 5.17. The summed E-state index contributed by atoms with van der Waals surface area (Å²) in [6.07, 6.45) is 4.57. The summed E-state index contributed by atoms with van der Waals surface area (Å²) < 4.78 is 34.4. The summed E-state index contributed by atoms with van der Waals surface area (Å²) in [7, 11) is 0. The number of fused-ring (bicyclic) bond motifs is 1. The van der Waals surface area contributed by atoms with Crippen LogP contribution in [0.25, 0.3) is 5.65 Å². The zero-order chi connectivity index (χ0) is 22.7. The standard InChI is InChI=1S/C21H22F2N6O3/c1-2-32-19(30)12-24-21(31)26-16-11-25-29-9-7-18(27-20(16)29)28-8-3-4-17(28)14-10-13(22)5-6-15(14)23/h5-7,9-11,17H,2-4,8,12H2,1H3,(H2,24,26,31)/t17-/m1/s1. The van der Waals surface area contributed by atoms with Crippen LogP contribution < -0.4 is 15.5 Å². The number of nitrogens with one attached hydrogen (secondary N) is 2. The molecule has 0 aliphatic carbocycles. The van der Waals surface area contributed by atoms with Crippen molar-refractivity contribution in [3.63, 3.8) is 0 Å². The number of esters is 1. The van der Waals surface area contributed by atoms with E-state index in [9.17, 15) is 18.4 Å². The van der Waals surface area contributed by atoms with Crippen LogP contribution in [0.5, 0.6) is 0 Å². The Hall–Kier alpha value is -3.76. The topological polar surface area (TPSA) is 101 Å². The highest BCUT2D eigenvalue weighted by Gasteiger charge is 2.30. The summed E-state index contributed by atoms with van der Waals surface area (Å²) in [4.78, 5) is 30.0. The van der Waals surface area contributed by atoms with E-state index in [0.29, 0.717) is 30.1 Å². The van der Waals surface area contributed by atoms with E-state index in [4.69, 9.17) is 4.74 Å². The van der Waals surface area contributed by atoms with Gasteiger partial charge in [-0.2, -0.15) is 5.10 Å². The summed E-state index contributed by atoms with van der Waals surface area (Å²) in [5, 5.41) is 9.17. The van der Waals surface area contributed by atoms with Crippen LogP contribution in [0.3, 0.4) is 0 Å². The number of ether oxygens (including phenoxy) is 1. The van der Waals surface area contributed by atoms with Crippen LogP contribution in [-0.2, 0) is 9.53 Å². The Morgan fingerprint density at radius 2 is 2.12 bits per heavy atom. The molecule has 2 N–H and O–H groups in total. The molecule has 32 heavy (non-hydrogen) atoms. The van der Waals surface area contributed by atoms with Gasteiger partial charge >= 0.3 is 12.0 Å². The largest absolute Gasteiger partial charge is 0.465 e. The molecule has 2 amide bonds. The predicted molar refractivity (Wildman–Crippen MR) is 112 cm³/mol. The van der Waals surface area contributed by atoms with Gasteiger partial charge in [-0.1, -0.05) is 0 Å². The zero-order valence-corrected chi connectivity index (χ0v) is 17.3. The number of halogens is 2. The third-order valence-corrected chi connectivity index (χ3v) is 5.17. The molecule has 1 atom stereocenters. The van der Waals surface area contributed by atoms with E-state index in [1.807, 2.05) is 4.90 Å². The van der Waals surface area contributed by atoms with Gasteiger partial charge in [0.15, 0.2) is 5.65 Å². The lowest BCUT2D eigenvalue weighted by atomic mass is 10.0. The second kappa shape index (κ2) is 9.16. The molecule has 4 rings (SSSR count). The molecule has 1 aliphatic rings. The van der Waals surface area contributed by atoms with Crippen molar-refractivity contribution in [3.8, 4) is 0 Å². The predicted octanol–water partition coefficient (Wildman–Crippen LogP) is 3.03. The molecule has 1 aromatic carbocycles. The van der Waals surface area contributed by atoms with Crippen LogP contribution in [0, 0.1) is 11.6 Å². The lowest BCUT2D eigenvalue weighted by molar-refractivity contribution is -0.141. The summed E-state index contributed by atoms with van der Waals surface area (Å²) >= 11 is 0. The van der Waals surface area contributed by atoms with Crippen molar-refractivity contribution in [2.24, 2.45) is 0 Å². The number of hydrogen-bond donors (Lipinski definition) is 2. The van der Waals surface area contributed by atoms with Gasteiger partial charge in [-0.05, 0) is 44.0 Å². The minimum Gasteiger partial charge on any atom is -0.465 e. The smallest absolute Gasteiger partial charge is 0.325 e. The molecule has 1 saturated heterocycles. The molecule has 0 saturated carbocycles. The highest BCUT2D eigenvalue weighted by molar-refractivity contribution is 5.94. The van der Waals surface area contributed by atoms with Crippen LogP contribution in [0.1, 0.15) is 31.4 Å². The molecule has 9 nitrogen and oxygen atoms in total. The summed E-state index contributed by atoms with van der Waals surface area (Å²) in [5.41, 5.74) is 0.995. The molecule has 11 heteroatoms. The first kappa shape index (κ1) is 21.5. The van der Waals surface area contributed by atoms with Gasteiger partial charge in [-0.3, -0.25) is 4.79 Å². The number of nitrogens with zero attached hydrogens (tertiary/aromatic N) is 4. The van der Waals surface area contributed by atoms with Crippen molar-refractivity contribution in [2.45, 2.75) is 25.8 Å². The minimum absolute atomic E-state index is 0.222. The average molecular weight is 444 g/mol. The maximum Gasteiger partial charge on any atom is 0.325 e. The van der Waals surface area contributed by atoms with Gasteiger partial charge in [-0.25, -0.2) is 23.1 Å². The van der Waals surface area contributed by atoms with Crippen molar-refractivity contribution >= 4 is 29.2 Å². The molecular weight excluding hydrogens is 422 g/mol. The van der Waals surface area contributed by atoms with Gasteiger partial charge in [0.2, 0.25) is 0 Å². The highest BCUT2D eigenvalue weighted by atomic mass is 19.1. The summed E-state index contributed by atoms with van der Waals surface area (Å²) in [6.45, 7) is 2.25. The number of urea groups is 1. The highest BCUT2D eigenvalue weighted by Crippen LogP contribution is 2.37. The summed E-state index contributed by atoms with van der Waals surface area (Å²) in [6, 6.07) is 4.22. The molecule has 1 fully saturated rings. The first-order valence-corrected chi connectivity index (χ1v) is 10.2. The van der Waals surface area contributed by atoms with Gasteiger partial charge in [0.1, 0.15) is 29.7 Å². The lowest BCUT2D eigenvalue weighted by Crippen LogP contribution is -2.34. The fraction of sp³-hybridized carbons (Fsp3) is 0.333. The van der Waals surface area contributed by atoms with Gasteiger partial charge in [0, 0.05) is 18.3 Å². The average Bonchev–Trinajstić information content (AvgIpc) is 3.41. The number of carbonyl (C=O) groups is 2. The Bertz CT molecular complexity index is 1150. The Morgan fingerprint density at radius 3 is 2.94 bits per heavy atom. The Morgan fingerprint density at radius 1 is 1.28 bits per heavy atom. The molecule has 0 spiro atoms. The van der Waals surface area contributed by atoms with E-state index in [1.165, 1.54) is 16.8 Å². The Labute approximate surface area is 182 Å². The molecule has 0 radical (unpaired) electrons. The van der Waals surface area contributed by atoms with Crippen molar-refractivity contribution < 1.29 is 23.1 Å². The van der Waals surface area contributed by atoms with Crippen molar-refractivity contribution in [1.82, 2.24) is 19.9 Å². The molecular formula is C21H22F2N6O3. The normalized spacial score (nSPS) is 15.7. The van der Waals surface area contributed by atoms with E-state index in [-0.39, 0.29) is 24.8 Å². The summed E-state index contributed by atoms with van der Waals surface area (Å²) in [5.74, 6) is -0.950. The zero-order valence-electron chi connectivity index (χ0n) is 17.3. The number of amides is 2. The molecule has 2 aromatic heterocycles. The molecule has 1 aliphatic heterocycles. The number of benzene rings is 1. The van der Waals surface area contributed by atoms with Crippen LogP contribution in [-0.4, -0.2) is 46.3 Å². The molecule has 0 unspecified atom stereocenters. The third kappa shape index (κ3) is 4.46. The molecule has 0 bridgehead atoms. The Balaban J connectivity index is 1.55. The number of hydrogen-bond acceptors (Lipinski definition) is 6. The van der Waals surface area contributed by atoms with Crippen molar-refractivity contribution in [3.05, 3.63) is 53.9 Å². The van der Waals surface area contributed by atoms with Crippen LogP contribution in [0.15, 0.2) is 36.7 Å². The second-order valence-electron chi connectivity index (χ2n) is 7.24. The maximum absolute atomic E-state index is 14.4. The second-order valence-corrected chi connectivity index (χ2v) is 7.24. The lowest BCUT2D eigenvalue weighted by Gasteiger charge is -2.26. The quantitative estimate of drug-likeness (QED) is 0.567. The van der Waals surface area contributed by atoms with Crippen molar-refractivity contribution in [2.75, 3.05) is 29.9 Å². The fourth-order valence-electron chi connectivity index (χ4n) is 3.77. The number of rotatable bonds is 6. The van der Waals surface area contributed by atoms with E-state index in [0.717, 1.165) is 18.6 Å². The van der Waals surface area contributed by atoms with Gasteiger partial charge < -0.3 is 20.3 Å². The first-order valence-electron chi connectivity index (χ1n) is 10.2. The first-order chi connectivity index (χ1) is 15.5. The monoisotopic (exact) mass is 444 g/mol. The number of aromatic nitrogens is 3. The SMILES string of the molecule is CCOC(=O)CNC(=O)Nc1cnn2ccc(N3CCC[C@@H]3c3cc(F)ccc3F)nc12. The van der Waals surface area contributed by atoms with Crippen molar-refractivity contribution in [1.29, 1.82) is 0 Å². The van der Waals surface area contributed by atoms with Gasteiger partial charge in [0.25, 0.3) is 0 Å². The maximum atomic E-state index is 14.4. The van der Waals surface area contributed by atoms with Gasteiger partial charge in [-0.15, -0.1) is 0 Å². The fourth-order valence-corrected chi connectivity index (χ4v) is 3.77. The van der Waals surface area contributed by atoms with E-state index >= 15 is 0 Å². The van der Waals surface area contributed by atoms with Crippen LogP contribution in [0.2, 0.25) is 0 Å². The minimum atomic E-state index is -0.610. The van der Waals surface area contributed by atoms with E-state index in [2.05, 4.69) is 20.7 Å². The Kier molecular flexibility index (Phi) is 6.15. The molecule has 3 heterocycles. The van der Waals surface area contributed by atoms with E-state index < -0.39 is 23.6 Å². The number of carbonyl (C=O) groups excluding carboxylic acids is 2. The van der Waals surface area contributed by atoms with E-state index in [1.54, 1.807) is 19.2 Å². The molecule has 3 aromatic rings. The molecule has 168 valence electrons. The van der Waals surface area contributed by atoms with Crippen LogP contribution >= 0.6 is 0 Å².